The van der Waals surface area contributed by atoms with Crippen molar-refractivity contribution < 1.29 is 14.7 Å². The third-order valence-corrected chi connectivity index (χ3v) is 4.86. The van der Waals surface area contributed by atoms with E-state index in [0.717, 1.165) is 16.7 Å². The molecule has 0 aliphatic carbocycles. The molecule has 4 N–H and O–H groups in total. The monoisotopic (exact) mass is 404 g/mol. The second-order valence-corrected chi connectivity index (χ2v) is 7.24. The van der Waals surface area contributed by atoms with Crippen LogP contribution in [0.5, 0.6) is 0 Å². The summed E-state index contributed by atoms with van der Waals surface area (Å²) < 4.78 is 0. The smallest absolute Gasteiger partial charge is 0.306 e. The first-order chi connectivity index (χ1) is 14.4. The first kappa shape index (κ1) is 21.0. The minimum absolute atomic E-state index is 0.148. The van der Waals surface area contributed by atoms with Crippen LogP contribution in [0.2, 0.25) is 0 Å². The number of carbonyl (C=O) groups excluding carboxylic acids is 1. The number of nitrogens with one attached hydrogen (secondary N) is 1. The van der Waals surface area contributed by atoms with Crippen molar-refractivity contribution in [3.63, 3.8) is 0 Å². The number of nitrogens with two attached hydrogens (primary N) is 1. The number of nitrogens with zero attached hydrogens (tertiary/aromatic N) is 2. The quantitative estimate of drug-likeness (QED) is 0.531. The van der Waals surface area contributed by atoms with Gasteiger partial charge >= 0.3 is 5.97 Å². The molecule has 0 aliphatic rings. The number of carbonyl (C=O) groups is 2. The lowest BCUT2D eigenvalue weighted by atomic mass is 9.95. The van der Waals surface area contributed by atoms with Crippen molar-refractivity contribution in [2.45, 2.75) is 25.8 Å². The van der Waals surface area contributed by atoms with Crippen molar-refractivity contribution in [1.29, 1.82) is 0 Å². The van der Waals surface area contributed by atoms with Crippen LogP contribution in [0.15, 0.2) is 67.0 Å². The molecule has 30 heavy (non-hydrogen) atoms. The van der Waals surface area contributed by atoms with Crippen LogP contribution < -0.4 is 11.1 Å². The average Bonchev–Trinajstić information content (AvgIpc) is 2.74. The first-order valence-electron chi connectivity index (χ1n) is 9.68. The number of benzene rings is 2. The molecule has 1 aromatic heterocycles. The van der Waals surface area contributed by atoms with Crippen molar-refractivity contribution in [2.24, 2.45) is 5.92 Å². The van der Waals surface area contributed by atoms with E-state index in [1.165, 1.54) is 12.4 Å². The van der Waals surface area contributed by atoms with Crippen LogP contribution in [0, 0.1) is 5.92 Å². The molecule has 1 amide bonds. The van der Waals surface area contributed by atoms with Crippen molar-refractivity contribution in [1.82, 2.24) is 15.3 Å². The highest BCUT2D eigenvalue weighted by Gasteiger charge is 2.21. The largest absolute Gasteiger partial charge is 0.481 e. The van der Waals surface area contributed by atoms with E-state index in [9.17, 15) is 14.7 Å². The molecule has 0 saturated heterocycles. The minimum Gasteiger partial charge on any atom is -0.481 e. The molecule has 0 fully saturated rings. The fraction of sp³-hybridized carbons (Fsp3) is 0.217. The maximum absolute atomic E-state index is 12.6. The standard InChI is InChI=1S/C23H24N4O3/c1-15(23(29)30)11-19(27-22(28)20-13-21(24)26-14-25-20)12-16-7-9-18(10-8-16)17-5-3-2-4-6-17/h2-10,13-15,19H,11-12H2,1H3,(H,27,28)(H,29,30)(H2,24,25,26)/t15-,19+/m1/s1. The fourth-order valence-corrected chi connectivity index (χ4v) is 3.23. The SMILES string of the molecule is C[C@H](C[C@@H](Cc1ccc(-c2ccccc2)cc1)NC(=O)c1cc(N)ncn1)C(=O)O. The van der Waals surface area contributed by atoms with E-state index in [-0.39, 0.29) is 17.6 Å². The molecular weight excluding hydrogens is 380 g/mol. The van der Waals surface area contributed by atoms with Gasteiger partial charge in [-0.05, 0) is 29.5 Å². The predicted octanol–water partition coefficient (Wildman–Crippen LogP) is 3.18. The number of amides is 1. The highest BCUT2D eigenvalue weighted by atomic mass is 16.4. The molecule has 2 aromatic carbocycles. The number of nitrogen functional groups attached to an aromatic ring is 1. The number of aromatic nitrogens is 2. The van der Waals surface area contributed by atoms with Gasteiger partial charge in [0.1, 0.15) is 17.8 Å². The van der Waals surface area contributed by atoms with Crippen LogP contribution in [0.4, 0.5) is 5.82 Å². The number of aliphatic carboxylic acids is 1. The summed E-state index contributed by atoms with van der Waals surface area (Å²) in [5.74, 6) is -1.72. The number of carboxylic acid groups (broad SMARTS) is 1. The van der Waals surface area contributed by atoms with Gasteiger partial charge in [0.15, 0.2) is 0 Å². The maximum atomic E-state index is 12.6. The van der Waals surface area contributed by atoms with Crippen LogP contribution in [-0.2, 0) is 11.2 Å². The fourth-order valence-electron chi connectivity index (χ4n) is 3.23. The van der Waals surface area contributed by atoms with E-state index in [0.29, 0.717) is 12.8 Å². The Morgan fingerprint density at radius 3 is 2.33 bits per heavy atom. The Labute approximate surface area is 175 Å². The average molecular weight is 404 g/mol. The lowest BCUT2D eigenvalue weighted by Gasteiger charge is -2.21. The number of hydrogen-bond acceptors (Lipinski definition) is 5. The lowest BCUT2D eigenvalue weighted by molar-refractivity contribution is -0.141. The number of anilines is 1. The molecule has 154 valence electrons. The lowest BCUT2D eigenvalue weighted by Crippen LogP contribution is -2.39. The van der Waals surface area contributed by atoms with Gasteiger partial charge in [0.05, 0.1) is 5.92 Å². The molecule has 7 nitrogen and oxygen atoms in total. The van der Waals surface area contributed by atoms with E-state index in [4.69, 9.17) is 5.73 Å². The summed E-state index contributed by atoms with van der Waals surface area (Å²) >= 11 is 0. The Hall–Kier alpha value is -3.74. The Bertz CT molecular complexity index is 1010. The van der Waals surface area contributed by atoms with Gasteiger partial charge in [0, 0.05) is 12.1 Å². The van der Waals surface area contributed by atoms with Crippen LogP contribution in [0.25, 0.3) is 11.1 Å². The molecule has 2 atom stereocenters. The van der Waals surface area contributed by atoms with Crippen LogP contribution >= 0.6 is 0 Å². The summed E-state index contributed by atoms with van der Waals surface area (Å²) in [4.78, 5) is 31.6. The molecule has 0 spiro atoms. The van der Waals surface area contributed by atoms with E-state index in [2.05, 4.69) is 15.3 Å². The second kappa shape index (κ2) is 9.65. The second-order valence-electron chi connectivity index (χ2n) is 7.24. The normalized spacial score (nSPS) is 12.7. The van der Waals surface area contributed by atoms with Gasteiger partial charge in [-0.3, -0.25) is 9.59 Å². The van der Waals surface area contributed by atoms with Gasteiger partial charge in [-0.15, -0.1) is 0 Å². The molecule has 0 aliphatic heterocycles. The van der Waals surface area contributed by atoms with Crippen LogP contribution in [0.3, 0.4) is 0 Å². The number of hydrogen-bond donors (Lipinski definition) is 3. The first-order valence-corrected chi connectivity index (χ1v) is 9.68. The molecule has 7 heteroatoms. The van der Waals surface area contributed by atoms with Gasteiger partial charge in [-0.2, -0.15) is 0 Å². The van der Waals surface area contributed by atoms with E-state index in [1.807, 2.05) is 54.6 Å². The molecule has 0 bridgehead atoms. The zero-order valence-electron chi connectivity index (χ0n) is 16.7. The molecule has 0 saturated carbocycles. The van der Waals surface area contributed by atoms with E-state index in [1.54, 1.807) is 6.92 Å². The predicted molar refractivity (Wildman–Crippen MR) is 115 cm³/mol. The van der Waals surface area contributed by atoms with Crippen LogP contribution in [-0.4, -0.2) is 33.0 Å². The topological polar surface area (TPSA) is 118 Å². The van der Waals surface area contributed by atoms with Crippen molar-refractivity contribution >= 4 is 17.7 Å². The van der Waals surface area contributed by atoms with Gasteiger partial charge in [-0.25, -0.2) is 9.97 Å². The molecule has 3 aromatic rings. The van der Waals surface area contributed by atoms with Gasteiger partial charge in [0.2, 0.25) is 0 Å². The maximum Gasteiger partial charge on any atom is 0.306 e. The Morgan fingerprint density at radius 2 is 1.70 bits per heavy atom. The third kappa shape index (κ3) is 5.64. The molecule has 1 heterocycles. The summed E-state index contributed by atoms with van der Waals surface area (Å²) in [5, 5.41) is 12.2. The summed E-state index contributed by atoms with van der Waals surface area (Å²) in [6, 6.07) is 19.1. The minimum atomic E-state index is -0.903. The van der Waals surface area contributed by atoms with Crippen molar-refractivity contribution in [3.05, 3.63) is 78.2 Å². The summed E-state index contributed by atoms with van der Waals surface area (Å²) in [5.41, 5.74) is 8.99. The van der Waals surface area contributed by atoms with Gasteiger partial charge in [-0.1, -0.05) is 61.5 Å². The van der Waals surface area contributed by atoms with E-state index >= 15 is 0 Å². The van der Waals surface area contributed by atoms with Gasteiger partial charge < -0.3 is 16.2 Å². The highest BCUT2D eigenvalue weighted by Crippen LogP contribution is 2.20. The number of carboxylic acids is 1. The zero-order valence-corrected chi connectivity index (χ0v) is 16.7. The zero-order chi connectivity index (χ0) is 21.5. The van der Waals surface area contributed by atoms with Gasteiger partial charge in [0.25, 0.3) is 5.91 Å². The van der Waals surface area contributed by atoms with Crippen LogP contribution in [0.1, 0.15) is 29.4 Å². The van der Waals surface area contributed by atoms with Crippen molar-refractivity contribution in [2.75, 3.05) is 5.73 Å². The highest BCUT2D eigenvalue weighted by molar-refractivity contribution is 5.93. The van der Waals surface area contributed by atoms with Crippen molar-refractivity contribution in [3.8, 4) is 11.1 Å². The Morgan fingerprint density at radius 1 is 1.03 bits per heavy atom. The Balaban J connectivity index is 1.75. The summed E-state index contributed by atoms with van der Waals surface area (Å²) in [6.45, 7) is 1.63. The summed E-state index contributed by atoms with van der Waals surface area (Å²) in [7, 11) is 0. The molecule has 0 unspecified atom stereocenters. The molecular formula is C23H24N4O3. The molecule has 3 rings (SSSR count). The molecule has 0 radical (unpaired) electrons. The Kier molecular flexibility index (Phi) is 6.75. The van der Waals surface area contributed by atoms with E-state index < -0.39 is 17.8 Å². The third-order valence-electron chi connectivity index (χ3n) is 4.86. The summed E-state index contributed by atoms with van der Waals surface area (Å²) in [6.07, 6.45) is 2.02. The number of rotatable bonds is 8.